The third-order valence-electron chi connectivity index (χ3n) is 3.71. The second-order valence-corrected chi connectivity index (χ2v) is 5.18. The van der Waals surface area contributed by atoms with Gasteiger partial charge in [-0.1, -0.05) is 6.07 Å². The van der Waals surface area contributed by atoms with Crippen molar-refractivity contribution < 1.29 is 14.3 Å². The first-order valence-corrected chi connectivity index (χ1v) is 6.41. The number of nitrogens with zero attached hydrogens (tertiary/aromatic N) is 2. The Morgan fingerprint density at radius 2 is 2.21 bits per heavy atom. The summed E-state index contributed by atoms with van der Waals surface area (Å²) in [4.78, 5) is 15.5. The molecule has 0 amide bonds. The summed E-state index contributed by atoms with van der Waals surface area (Å²) < 4.78 is 13.3. The van der Waals surface area contributed by atoms with Crippen LogP contribution >= 0.6 is 0 Å². The second kappa shape index (κ2) is 5.67. The Morgan fingerprint density at radius 1 is 1.47 bits per heavy atom. The van der Waals surface area contributed by atoms with Crippen molar-refractivity contribution in [1.29, 1.82) is 0 Å². The van der Waals surface area contributed by atoms with E-state index in [2.05, 4.69) is 23.8 Å². The van der Waals surface area contributed by atoms with Gasteiger partial charge in [0.1, 0.15) is 5.82 Å². The molecule has 1 aromatic rings. The van der Waals surface area contributed by atoms with Crippen molar-refractivity contribution in [2.45, 2.75) is 19.5 Å². The minimum atomic E-state index is -1.22. The van der Waals surface area contributed by atoms with Crippen LogP contribution in [0.4, 0.5) is 4.39 Å². The van der Waals surface area contributed by atoms with Crippen LogP contribution in [0.1, 0.15) is 22.8 Å². The third kappa shape index (κ3) is 3.30. The number of rotatable bonds is 3. The molecule has 0 aliphatic carbocycles. The summed E-state index contributed by atoms with van der Waals surface area (Å²) in [5.74, 6) is -1.89. The molecule has 0 spiro atoms. The van der Waals surface area contributed by atoms with Gasteiger partial charge in [-0.3, -0.25) is 4.90 Å². The summed E-state index contributed by atoms with van der Waals surface area (Å²) in [6.45, 7) is 5.71. The smallest absolute Gasteiger partial charge is 0.338 e. The zero-order chi connectivity index (χ0) is 14.0. The highest BCUT2D eigenvalue weighted by molar-refractivity contribution is 5.88. The molecule has 1 N–H and O–H groups in total. The van der Waals surface area contributed by atoms with Gasteiger partial charge in [0.05, 0.1) is 5.56 Å². The molecule has 0 bridgehead atoms. The number of carbonyl (C=O) groups is 1. The highest BCUT2D eigenvalue weighted by atomic mass is 19.1. The van der Waals surface area contributed by atoms with Gasteiger partial charge in [-0.2, -0.15) is 0 Å². The van der Waals surface area contributed by atoms with Crippen LogP contribution in [0.25, 0.3) is 0 Å². The van der Waals surface area contributed by atoms with Gasteiger partial charge in [0.15, 0.2) is 0 Å². The average molecular weight is 266 g/mol. The molecule has 4 nitrogen and oxygen atoms in total. The van der Waals surface area contributed by atoms with Gasteiger partial charge in [-0.05, 0) is 31.7 Å². The quantitative estimate of drug-likeness (QED) is 0.903. The first-order chi connectivity index (χ1) is 8.97. The number of carboxylic acids is 1. The number of hydrogen-bond donors (Lipinski definition) is 1. The van der Waals surface area contributed by atoms with Crippen LogP contribution < -0.4 is 0 Å². The van der Waals surface area contributed by atoms with Gasteiger partial charge in [-0.15, -0.1) is 0 Å². The summed E-state index contributed by atoms with van der Waals surface area (Å²) in [6, 6.07) is 4.80. The van der Waals surface area contributed by atoms with Gasteiger partial charge in [0.2, 0.25) is 0 Å². The van der Waals surface area contributed by atoms with Gasteiger partial charge in [0, 0.05) is 32.2 Å². The molecule has 1 fully saturated rings. The van der Waals surface area contributed by atoms with E-state index in [1.807, 2.05) is 0 Å². The van der Waals surface area contributed by atoms with Crippen LogP contribution in [0.15, 0.2) is 18.2 Å². The lowest BCUT2D eigenvalue weighted by atomic mass is 10.1. The van der Waals surface area contributed by atoms with Crippen molar-refractivity contribution >= 4 is 5.97 Å². The maximum absolute atomic E-state index is 13.3. The molecule has 0 saturated carbocycles. The Kier molecular flexibility index (Phi) is 4.17. The number of carboxylic acid groups (broad SMARTS) is 1. The molecule has 1 aliphatic heterocycles. The number of piperazine rings is 1. The molecular formula is C14H19FN2O2. The Balaban J connectivity index is 2.07. The highest BCUT2D eigenvalue weighted by Crippen LogP contribution is 2.15. The molecule has 5 heteroatoms. The van der Waals surface area contributed by atoms with Crippen LogP contribution in [0.3, 0.4) is 0 Å². The molecular weight excluding hydrogens is 247 g/mol. The molecule has 1 heterocycles. The lowest BCUT2D eigenvalue weighted by Gasteiger charge is -2.37. The van der Waals surface area contributed by atoms with Crippen LogP contribution in [-0.4, -0.2) is 53.6 Å². The van der Waals surface area contributed by atoms with Gasteiger partial charge in [-0.25, -0.2) is 9.18 Å². The molecule has 104 valence electrons. The molecule has 0 radical (unpaired) electrons. The lowest BCUT2D eigenvalue weighted by molar-refractivity contribution is 0.0691. The molecule has 19 heavy (non-hydrogen) atoms. The molecule has 2 rings (SSSR count). The van der Waals surface area contributed by atoms with Crippen molar-refractivity contribution in [3.63, 3.8) is 0 Å². The summed E-state index contributed by atoms with van der Waals surface area (Å²) in [5, 5.41) is 8.91. The van der Waals surface area contributed by atoms with E-state index in [9.17, 15) is 9.18 Å². The normalized spacial score (nSPS) is 21.5. The fraction of sp³-hybridized carbons (Fsp3) is 0.500. The third-order valence-corrected chi connectivity index (χ3v) is 3.71. The molecule has 1 aromatic carbocycles. The predicted octanol–water partition coefficient (Wildman–Crippen LogP) is 1.66. The van der Waals surface area contributed by atoms with Crippen molar-refractivity contribution in [3.8, 4) is 0 Å². The molecule has 0 aromatic heterocycles. The van der Waals surface area contributed by atoms with Crippen molar-refractivity contribution in [3.05, 3.63) is 35.1 Å². The van der Waals surface area contributed by atoms with Crippen molar-refractivity contribution in [2.75, 3.05) is 26.7 Å². The van der Waals surface area contributed by atoms with Crippen LogP contribution in [0.5, 0.6) is 0 Å². The Labute approximate surface area is 112 Å². The fourth-order valence-corrected chi connectivity index (χ4v) is 2.36. The monoisotopic (exact) mass is 266 g/mol. The summed E-state index contributed by atoms with van der Waals surface area (Å²) >= 11 is 0. The number of likely N-dealkylation sites (N-methyl/N-ethyl adjacent to an activating group) is 1. The SMILES string of the molecule is CC1CN(Cc2ccc(F)c(C(=O)O)c2)CCN1C. The minimum absolute atomic E-state index is 0.250. The fourth-order valence-electron chi connectivity index (χ4n) is 2.36. The maximum atomic E-state index is 13.3. The van der Waals surface area contributed by atoms with E-state index in [1.165, 1.54) is 12.1 Å². The van der Waals surface area contributed by atoms with Gasteiger partial charge < -0.3 is 10.0 Å². The predicted molar refractivity (Wildman–Crippen MR) is 70.7 cm³/mol. The topological polar surface area (TPSA) is 43.8 Å². The summed E-state index contributed by atoms with van der Waals surface area (Å²) in [6.07, 6.45) is 0. The minimum Gasteiger partial charge on any atom is -0.478 e. The van der Waals surface area contributed by atoms with Crippen LogP contribution in [0.2, 0.25) is 0 Å². The maximum Gasteiger partial charge on any atom is 0.338 e. The first-order valence-electron chi connectivity index (χ1n) is 6.41. The molecule has 1 unspecified atom stereocenters. The summed E-state index contributed by atoms with van der Waals surface area (Å²) in [7, 11) is 2.10. The summed E-state index contributed by atoms with van der Waals surface area (Å²) in [5.41, 5.74) is 0.593. The van der Waals surface area contributed by atoms with Crippen LogP contribution in [0, 0.1) is 5.82 Å². The van der Waals surface area contributed by atoms with E-state index in [0.717, 1.165) is 25.2 Å². The molecule has 1 atom stereocenters. The Morgan fingerprint density at radius 3 is 2.84 bits per heavy atom. The van der Waals surface area contributed by atoms with E-state index in [-0.39, 0.29) is 5.56 Å². The van der Waals surface area contributed by atoms with E-state index < -0.39 is 11.8 Å². The van der Waals surface area contributed by atoms with E-state index >= 15 is 0 Å². The van der Waals surface area contributed by atoms with E-state index in [0.29, 0.717) is 12.6 Å². The zero-order valence-electron chi connectivity index (χ0n) is 11.3. The average Bonchev–Trinajstić information content (AvgIpc) is 2.36. The number of hydrogen-bond acceptors (Lipinski definition) is 3. The van der Waals surface area contributed by atoms with E-state index in [1.54, 1.807) is 6.07 Å². The number of benzene rings is 1. The highest BCUT2D eigenvalue weighted by Gasteiger charge is 2.21. The lowest BCUT2D eigenvalue weighted by Crippen LogP contribution is -2.49. The van der Waals surface area contributed by atoms with Gasteiger partial charge >= 0.3 is 5.97 Å². The number of halogens is 1. The molecule has 1 saturated heterocycles. The van der Waals surface area contributed by atoms with E-state index in [4.69, 9.17) is 5.11 Å². The van der Waals surface area contributed by atoms with Crippen LogP contribution in [-0.2, 0) is 6.54 Å². The Bertz CT molecular complexity index is 479. The Hall–Kier alpha value is -1.46. The molecule has 1 aliphatic rings. The van der Waals surface area contributed by atoms with Gasteiger partial charge in [0.25, 0.3) is 0 Å². The zero-order valence-corrected chi connectivity index (χ0v) is 11.3. The number of aromatic carboxylic acids is 1. The van der Waals surface area contributed by atoms with Crippen molar-refractivity contribution in [2.24, 2.45) is 0 Å². The first kappa shape index (κ1) is 14.0. The second-order valence-electron chi connectivity index (χ2n) is 5.18. The standard InChI is InChI=1S/C14H19FN2O2/c1-10-8-17(6-5-16(10)2)9-11-3-4-13(15)12(7-11)14(18)19/h3-4,7,10H,5-6,8-9H2,1-2H3,(H,18,19). The van der Waals surface area contributed by atoms with Crippen molar-refractivity contribution in [1.82, 2.24) is 9.80 Å². The largest absolute Gasteiger partial charge is 0.478 e.